The van der Waals surface area contributed by atoms with Crippen molar-refractivity contribution in [2.75, 3.05) is 6.61 Å². The van der Waals surface area contributed by atoms with Gasteiger partial charge in [0.1, 0.15) is 6.10 Å². The highest BCUT2D eigenvalue weighted by molar-refractivity contribution is 5.87. The van der Waals surface area contributed by atoms with Crippen LogP contribution in [0.25, 0.3) is 0 Å². The van der Waals surface area contributed by atoms with Crippen molar-refractivity contribution in [2.24, 2.45) is 28.1 Å². The predicted molar refractivity (Wildman–Crippen MR) is 113 cm³/mol. The van der Waals surface area contributed by atoms with Gasteiger partial charge in [-0.1, -0.05) is 19.4 Å². The molecule has 4 saturated carbocycles. The fraction of sp³-hybridized carbons (Fsp3) is 0.840. The number of fused-ring (bicyclic) bond motifs is 4. The number of aliphatic carboxylic acids is 1. The van der Waals surface area contributed by atoms with E-state index in [-0.39, 0.29) is 28.8 Å². The first-order valence-corrected chi connectivity index (χ1v) is 11.9. The van der Waals surface area contributed by atoms with Crippen molar-refractivity contribution in [1.82, 2.24) is 0 Å². The Balaban J connectivity index is 1.57. The maximum atomic E-state index is 12.7. The number of esters is 1. The second kappa shape index (κ2) is 6.34. The molecule has 6 heteroatoms. The van der Waals surface area contributed by atoms with Gasteiger partial charge < -0.3 is 19.7 Å². The number of carbonyl (C=O) groups excluding carboxylic acids is 1. The molecular formula is C25H36O6. The van der Waals surface area contributed by atoms with E-state index in [4.69, 9.17) is 9.47 Å². The van der Waals surface area contributed by atoms with Gasteiger partial charge in [0.05, 0.1) is 23.2 Å². The van der Waals surface area contributed by atoms with Crippen LogP contribution in [0.2, 0.25) is 0 Å². The van der Waals surface area contributed by atoms with E-state index >= 15 is 0 Å². The molecule has 2 N–H and O–H groups in total. The van der Waals surface area contributed by atoms with Crippen LogP contribution in [0.15, 0.2) is 11.6 Å². The summed E-state index contributed by atoms with van der Waals surface area (Å²) in [7, 11) is 0. The number of rotatable bonds is 3. The van der Waals surface area contributed by atoms with Gasteiger partial charge in [-0.2, -0.15) is 0 Å². The highest BCUT2D eigenvalue weighted by Gasteiger charge is 2.79. The largest absolute Gasteiger partial charge is 0.481 e. The van der Waals surface area contributed by atoms with Gasteiger partial charge in [-0.05, 0) is 65.2 Å². The SMILES string of the molecule is C/C=C(/C)C(=O)O[C@@H]1C[C@]2(O)[C@@]3(CC[C@@H]4[C@](C)(C(=O)O)CCC[C@]42C)C[C@@H]1[C@@]1(CO1)C3. The Morgan fingerprint density at radius 3 is 2.48 bits per heavy atom. The van der Waals surface area contributed by atoms with Crippen molar-refractivity contribution in [1.29, 1.82) is 0 Å². The lowest BCUT2D eigenvalue weighted by Gasteiger charge is -2.68. The van der Waals surface area contributed by atoms with E-state index in [1.165, 1.54) is 0 Å². The number of hydrogen-bond donors (Lipinski definition) is 2. The van der Waals surface area contributed by atoms with E-state index in [0.717, 1.165) is 38.5 Å². The van der Waals surface area contributed by atoms with Gasteiger partial charge in [0, 0.05) is 28.7 Å². The van der Waals surface area contributed by atoms with Crippen molar-refractivity contribution in [2.45, 2.75) is 96.4 Å². The molecule has 5 fully saturated rings. The summed E-state index contributed by atoms with van der Waals surface area (Å²) >= 11 is 0. The number of carbonyl (C=O) groups is 2. The van der Waals surface area contributed by atoms with Crippen molar-refractivity contribution < 1.29 is 29.3 Å². The number of carboxylic acid groups (broad SMARTS) is 1. The monoisotopic (exact) mass is 432 g/mol. The summed E-state index contributed by atoms with van der Waals surface area (Å²) in [5, 5.41) is 22.8. The summed E-state index contributed by atoms with van der Waals surface area (Å²) in [6.07, 6.45) is 7.22. The number of epoxide rings is 1. The Kier molecular flexibility index (Phi) is 4.39. The van der Waals surface area contributed by atoms with Crippen LogP contribution in [0.1, 0.15) is 79.1 Å². The van der Waals surface area contributed by atoms with Crippen LogP contribution in [0.3, 0.4) is 0 Å². The van der Waals surface area contributed by atoms with Gasteiger partial charge in [-0.15, -0.1) is 0 Å². The summed E-state index contributed by atoms with van der Waals surface area (Å²) in [4.78, 5) is 25.0. The Morgan fingerprint density at radius 1 is 1.16 bits per heavy atom. The lowest BCUT2D eigenvalue weighted by atomic mass is 9.38. The molecule has 0 radical (unpaired) electrons. The van der Waals surface area contributed by atoms with Gasteiger partial charge in [0.2, 0.25) is 0 Å². The molecule has 8 atom stereocenters. The second-order valence-electron chi connectivity index (χ2n) is 11.7. The number of hydrogen-bond acceptors (Lipinski definition) is 5. The second-order valence-corrected chi connectivity index (χ2v) is 11.7. The van der Waals surface area contributed by atoms with E-state index in [1.807, 2.05) is 13.8 Å². The van der Waals surface area contributed by atoms with Crippen LogP contribution < -0.4 is 0 Å². The molecule has 0 aromatic rings. The summed E-state index contributed by atoms with van der Waals surface area (Å²) in [5.41, 5.74) is -2.43. The number of carboxylic acids is 1. The van der Waals surface area contributed by atoms with E-state index in [0.29, 0.717) is 25.0 Å². The topological polar surface area (TPSA) is 96.4 Å². The third kappa shape index (κ3) is 2.52. The van der Waals surface area contributed by atoms with Crippen LogP contribution in [-0.4, -0.2) is 46.1 Å². The normalized spacial score (nSPS) is 52.9. The molecule has 4 aliphatic carbocycles. The lowest BCUT2D eigenvalue weighted by Crippen LogP contribution is -2.70. The maximum Gasteiger partial charge on any atom is 0.333 e. The van der Waals surface area contributed by atoms with Gasteiger partial charge in [0.25, 0.3) is 0 Å². The van der Waals surface area contributed by atoms with Crippen molar-refractivity contribution in [3.63, 3.8) is 0 Å². The first kappa shape index (κ1) is 21.4. The molecule has 1 heterocycles. The molecule has 172 valence electrons. The fourth-order valence-corrected chi connectivity index (χ4v) is 8.62. The third-order valence-electron chi connectivity index (χ3n) is 10.6. The molecule has 1 saturated heterocycles. The smallest absolute Gasteiger partial charge is 0.333 e. The Bertz CT molecular complexity index is 860. The average molecular weight is 433 g/mol. The van der Waals surface area contributed by atoms with Crippen LogP contribution in [-0.2, 0) is 19.1 Å². The van der Waals surface area contributed by atoms with Gasteiger partial charge >= 0.3 is 11.9 Å². The minimum Gasteiger partial charge on any atom is -0.481 e. The van der Waals surface area contributed by atoms with E-state index in [2.05, 4.69) is 6.92 Å². The molecular weight excluding hydrogens is 396 g/mol. The standard InChI is InChI=1S/C25H36O6/c1-5-15(2)19(26)31-17-12-25(29)22(4)9-6-8-21(3,20(27)28)18(22)7-10-23(25)11-16(17)24(13-23)14-30-24/h5,16-18,29H,6-14H2,1-4H3,(H,27,28)/b15-5-/t16-,17+,18+,21+,22+,23-,24-,25+/m0/s1. The molecule has 6 nitrogen and oxygen atoms in total. The zero-order valence-corrected chi connectivity index (χ0v) is 19.2. The molecule has 0 aromatic heterocycles. The fourth-order valence-electron chi connectivity index (χ4n) is 8.62. The highest BCUT2D eigenvalue weighted by Crippen LogP contribution is 2.76. The summed E-state index contributed by atoms with van der Waals surface area (Å²) in [6.45, 7) is 8.23. The van der Waals surface area contributed by atoms with Crippen molar-refractivity contribution in [3.05, 3.63) is 11.6 Å². The minimum absolute atomic E-state index is 0.0938. The third-order valence-corrected chi connectivity index (χ3v) is 10.6. The molecule has 5 aliphatic rings. The summed E-state index contributed by atoms with van der Waals surface area (Å²) in [5.74, 6) is -1.07. The van der Waals surface area contributed by atoms with Gasteiger partial charge in [-0.3, -0.25) is 4.79 Å². The summed E-state index contributed by atoms with van der Waals surface area (Å²) < 4.78 is 12.0. The zero-order chi connectivity index (χ0) is 22.4. The average Bonchev–Trinajstić information content (AvgIpc) is 3.41. The number of aliphatic hydroxyl groups is 1. The molecule has 31 heavy (non-hydrogen) atoms. The van der Waals surface area contributed by atoms with Gasteiger partial charge in [0.15, 0.2) is 0 Å². The molecule has 5 rings (SSSR count). The number of allylic oxidation sites excluding steroid dienone is 1. The zero-order valence-electron chi connectivity index (χ0n) is 19.2. The Hall–Kier alpha value is -1.40. The molecule has 1 aliphatic heterocycles. The molecule has 2 bridgehead atoms. The first-order chi connectivity index (χ1) is 14.5. The lowest BCUT2D eigenvalue weighted by molar-refractivity contribution is -0.274. The van der Waals surface area contributed by atoms with E-state index in [9.17, 15) is 19.8 Å². The summed E-state index contributed by atoms with van der Waals surface area (Å²) in [6, 6.07) is 0. The number of ether oxygens (including phenoxy) is 2. The highest BCUT2D eigenvalue weighted by atomic mass is 16.6. The van der Waals surface area contributed by atoms with Crippen molar-refractivity contribution >= 4 is 11.9 Å². The van der Waals surface area contributed by atoms with Crippen LogP contribution in [0.5, 0.6) is 0 Å². The molecule has 2 spiro atoms. The van der Waals surface area contributed by atoms with Crippen LogP contribution in [0, 0.1) is 28.1 Å². The van der Waals surface area contributed by atoms with Gasteiger partial charge in [-0.25, -0.2) is 4.79 Å². The Morgan fingerprint density at radius 2 is 1.87 bits per heavy atom. The van der Waals surface area contributed by atoms with E-state index in [1.54, 1.807) is 13.0 Å². The van der Waals surface area contributed by atoms with Crippen LogP contribution >= 0.6 is 0 Å². The predicted octanol–water partition coefficient (Wildman–Crippen LogP) is 3.86. The van der Waals surface area contributed by atoms with Crippen molar-refractivity contribution in [3.8, 4) is 0 Å². The Labute approximate surface area is 184 Å². The van der Waals surface area contributed by atoms with E-state index < -0.39 is 28.5 Å². The quantitative estimate of drug-likeness (QED) is 0.399. The molecule has 0 amide bonds. The minimum atomic E-state index is -1.07. The maximum absolute atomic E-state index is 12.7. The molecule has 0 aromatic carbocycles. The molecule has 0 unspecified atom stereocenters. The first-order valence-electron chi connectivity index (χ1n) is 11.9. The van der Waals surface area contributed by atoms with Crippen LogP contribution in [0.4, 0.5) is 0 Å².